The molecule has 3 heterocycles. The Balaban J connectivity index is 1.60. The molecule has 1 aliphatic rings. The highest BCUT2D eigenvalue weighted by Gasteiger charge is 2.32. The number of H-pyrrole nitrogens is 1. The number of aromatic nitrogens is 5. The molecule has 1 unspecified atom stereocenters. The molecule has 8 nitrogen and oxygen atoms in total. The van der Waals surface area contributed by atoms with Gasteiger partial charge in [-0.05, 0) is 79.0 Å². The summed E-state index contributed by atoms with van der Waals surface area (Å²) in [6.45, 7) is 7.15. The third-order valence-corrected chi connectivity index (χ3v) is 6.61. The second-order valence-corrected chi connectivity index (χ2v) is 9.04. The molecule has 0 bridgehead atoms. The van der Waals surface area contributed by atoms with Crippen LogP contribution in [0.4, 0.5) is 0 Å². The third kappa shape index (κ3) is 4.59. The Morgan fingerprint density at radius 2 is 1.91 bits per heavy atom. The fourth-order valence-corrected chi connectivity index (χ4v) is 4.72. The third-order valence-electron chi connectivity index (χ3n) is 6.61. The Labute approximate surface area is 198 Å². The lowest BCUT2D eigenvalue weighted by molar-refractivity contribution is 0.149. The number of pyridine rings is 1. The van der Waals surface area contributed by atoms with Gasteiger partial charge >= 0.3 is 0 Å². The van der Waals surface area contributed by atoms with Crippen molar-refractivity contribution < 1.29 is 4.74 Å². The maximum atomic E-state index is 13.4. The second-order valence-electron chi connectivity index (χ2n) is 9.04. The maximum absolute atomic E-state index is 13.4. The van der Waals surface area contributed by atoms with E-state index >= 15 is 0 Å². The molecule has 0 aliphatic carbocycles. The predicted molar refractivity (Wildman–Crippen MR) is 131 cm³/mol. The molecule has 2 aromatic heterocycles. The molecule has 1 aliphatic heterocycles. The number of hydrogen-bond acceptors (Lipinski definition) is 6. The van der Waals surface area contributed by atoms with E-state index < -0.39 is 0 Å². The number of nitrogens with zero attached hydrogens (tertiary/aromatic N) is 5. The maximum Gasteiger partial charge on any atom is 0.253 e. The van der Waals surface area contributed by atoms with Crippen molar-refractivity contribution in [1.29, 1.82) is 0 Å². The van der Waals surface area contributed by atoms with Crippen molar-refractivity contribution in [1.82, 2.24) is 30.1 Å². The quantitative estimate of drug-likeness (QED) is 0.453. The fraction of sp³-hybridized carbons (Fsp3) is 0.385. The molecular weight excluding hydrogens is 428 g/mol. The Morgan fingerprint density at radius 3 is 2.68 bits per heavy atom. The molecule has 1 fully saturated rings. The largest absolute Gasteiger partial charge is 0.494 e. The topological polar surface area (TPSA) is 88.9 Å². The van der Waals surface area contributed by atoms with Crippen LogP contribution in [0.1, 0.15) is 49.7 Å². The summed E-state index contributed by atoms with van der Waals surface area (Å²) < 4.78 is 7.51. The fourth-order valence-electron chi connectivity index (χ4n) is 4.72. The summed E-state index contributed by atoms with van der Waals surface area (Å²) in [5.74, 6) is 2.13. The molecule has 1 atom stereocenters. The molecular formula is C26H30N6O2. The molecule has 4 aromatic rings. The average Bonchev–Trinajstić information content (AvgIpc) is 3.29. The molecule has 1 N–H and O–H groups in total. The van der Waals surface area contributed by atoms with E-state index in [0.717, 1.165) is 48.1 Å². The lowest BCUT2D eigenvalue weighted by Gasteiger charge is -2.35. The molecule has 2 aromatic carbocycles. The minimum Gasteiger partial charge on any atom is -0.494 e. The molecule has 1 saturated heterocycles. The summed E-state index contributed by atoms with van der Waals surface area (Å²) in [6, 6.07) is 17.5. The highest BCUT2D eigenvalue weighted by atomic mass is 16.5. The predicted octanol–water partition coefficient (Wildman–Crippen LogP) is 3.78. The van der Waals surface area contributed by atoms with Crippen LogP contribution in [0.15, 0.2) is 59.4 Å². The normalized spacial score (nSPS) is 16.1. The first-order chi connectivity index (χ1) is 16.6. The van der Waals surface area contributed by atoms with Crippen molar-refractivity contribution in [2.45, 2.75) is 39.3 Å². The molecule has 0 spiro atoms. The molecule has 0 saturated carbocycles. The SMILES string of the molecule is CCOc1ccc2[nH]c(=O)c(C(c3nnnn3Cc3ccccc3)N3CCC(C)CC3)cc2c1. The zero-order valence-corrected chi connectivity index (χ0v) is 19.6. The van der Waals surface area contributed by atoms with Gasteiger partial charge in [0.25, 0.3) is 5.56 Å². The van der Waals surface area contributed by atoms with E-state index in [0.29, 0.717) is 30.5 Å². The number of aromatic amines is 1. The van der Waals surface area contributed by atoms with E-state index in [9.17, 15) is 4.79 Å². The Kier molecular flexibility index (Phi) is 6.40. The minimum atomic E-state index is -0.338. The van der Waals surface area contributed by atoms with Crippen LogP contribution in [0.25, 0.3) is 10.9 Å². The molecule has 5 rings (SSSR count). The molecule has 0 radical (unpaired) electrons. The highest BCUT2D eigenvalue weighted by molar-refractivity contribution is 5.80. The molecule has 0 amide bonds. The van der Waals surface area contributed by atoms with Gasteiger partial charge in [-0.3, -0.25) is 9.69 Å². The van der Waals surface area contributed by atoms with Crippen molar-refractivity contribution in [2.24, 2.45) is 5.92 Å². The molecule has 176 valence electrons. The van der Waals surface area contributed by atoms with Gasteiger partial charge in [-0.25, -0.2) is 4.68 Å². The van der Waals surface area contributed by atoms with Crippen LogP contribution in [-0.4, -0.2) is 49.8 Å². The number of piperidine rings is 1. The first-order valence-electron chi connectivity index (χ1n) is 12.0. The highest BCUT2D eigenvalue weighted by Crippen LogP contribution is 2.31. The van der Waals surface area contributed by atoms with Crippen molar-refractivity contribution in [3.05, 3.63) is 81.9 Å². The number of ether oxygens (including phenoxy) is 1. The smallest absolute Gasteiger partial charge is 0.253 e. The van der Waals surface area contributed by atoms with E-state index in [1.807, 2.05) is 54.1 Å². The van der Waals surface area contributed by atoms with Gasteiger partial charge in [-0.15, -0.1) is 5.10 Å². The lowest BCUT2D eigenvalue weighted by Crippen LogP contribution is -2.40. The van der Waals surface area contributed by atoms with Crippen LogP contribution < -0.4 is 10.3 Å². The zero-order chi connectivity index (χ0) is 23.5. The van der Waals surface area contributed by atoms with Gasteiger partial charge < -0.3 is 9.72 Å². The summed E-state index contributed by atoms with van der Waals surface area (Å²) in [4.78, 5) is 18.8. The number of nitrogens with one attached hydrogen (secondary N) is 1. The van der Waals surface area contributed by atoms with E-state index in [1.165, 1.54) is 0 Å². The van der Waals surface area contributed by atoms with E-state index in [-0.39, 0.29) is 11.6 Å². The molecule has 34 heavy (non-hydrogen) atoms. The summed E-state index contributed by atoms with van der Waals surface area (Å²) in [5, 5.41) is 13.7. The van der Waals surface area contributed by atoms with Crippen molar-refractivity contribution in [2.75, 3.05) is 19.7 Å². The minimum absolute atomic E-state index is 0.116. The van der Waals surface area contributed by atoms with Crippen LogP contribution >= 0.6 is 0 Å². The first kappa shape index (κ1) is 22.3. The average molecular weight is 459 g/mol. The number of likely N-dealkylation sites (tertiary alicyclic amines) is 1. The Hall–Kier alpha value is -3.52. The summed E-state index contributed by atoms with van der Waals surface area (Å²) in [7, 11) is 0. The van der Waals surface area contributed by atoms with Gasteiger partial charge in [0.05, 0.1) is 13.2 Å². The van der Waals surface area contributed by atoms with Crippen LogP contribution in [0.2, 0.25) is 0 Å². The number of tetrazole rings is 1. The second kappa shape index (κ2) is 9.77. The van der Waals surface area contributed by atoms with Gasteiger partial charge in [0, 0.05) is 16.5 Å². The van der Waals surface area contributed by atoms with Crippen LogP contribution in [0, 0.1) is 5.92 Å². The van der Waals surface area contributed by atoms with Crippen molar-refractivity contribution in [3.63, 3.8) is 0 Å². The van der Waals surface area contributed by atoms with E-state index in [2.05, 4.69) is 44.5 Å². The number of rotatable bonds is 7. The van der Waals surface area contributed by atoms with Gasteiger partial charge in [0.2, 0.25) is 0 Å². The van der Waals surface area contributed by atoms with Crippen LogP contribution in [0.5, 0.6) is 5.75 Å². The van der Waals surface area contributed by atoms with Gasteiger partial charge in [0.1, 0.15) is 11.8 Å². The number of hydrogen-bond donors (Lipinski definition) is 1. The van der Waals surface area contributed by atoms with Crippen molar-refractivity contribution >= 4 is 10.9 Å². The number of fused-ring (bicyclic) bond motifs is 1. The Morgan fingerprint density at radius 1 is 1.12 bits per heavy atom. The zero-order valence-electron chi connectivity index (χ0n) is 19.6. The lowest BCUT2D eigenvalue weighted by atomic mass is 9.95. The standard InChI is InChI=1S/C26H30N6O2/c1-3-34-21-9-10-23-20(15-21)16-22(26(33)27-23)24(31-13-11-18(2)12-14-31)25-28-29-30-32(25)17-19-7-5-4-6-8-19/h4-10,15-16,18,24H,3,11-14,17H2,1-2H3,(H,27,33). The summed E-state index contributed by atoms with van der Waals surface area (Å²) in [6.07, 6.45) is 2.16. The van der Waals surface area contributed by atoms with Crippen molar-refractivity contribution in [3.8, 4) is 5.75 Å². The van der Waals surface area contributed by atoms with Gasteiger partial charge in [-0.1, -0.05) is 37.3 Å². The monoisotopic (exact) mass is 458 g/mol. The van der Waals surface area contributed by atoms with Gasteiger partial charge in [-0.2, -0.15) is 0 Å². The van der Waals surface area contributed by atoms with Crippen LogP contribution in [0.3, 0.4) is 0 Å². The van der Waals surface area contributed by atoms with E-state index in [1.54, 1.807) is 0 Å². The van der Waals surface area contributed by atoms with E-state index in [4.69, 9.17) is 4.74 Å². The number of benzene rings is 2. The Bertz CT molecular complexity index is 1310. The van der Waals surface area contributed by atoms with Gasteiger partial charge in [0.15, 0.2) is 5.82 Å². The van der Waals surface area contributed by atoms with Crippen LogP contribution in [-0.2, 0) is 6.54 Å². The molecule has 8 heteroatoms. The first-order valence-corrected chi connectivity index (χ1v) is 12.0. The summed E-state index contributed by atoms with van der Waals surface area (Å²) >= 11 is 0. The summed E-state index contributed by atoms with van der Waals surface area (Å²) in [5.41, 5.74) is 2.43.